The van der Waals surface area contributed by atoms with Gasteiger partial charge in [0, 0.05) is 12.3 Å². The van der Waals surface area contributed by atoms with Crippen molar-refractivity contribution in [3.63, 3.8) is 0 Å². The SMILES string of the molecule is CCNC(=O)[C@H](C)NC(=O)[C@H](CS)NCC. The molecule has 16 heavy (non-hydrogen) atoms. The highest BCUT2D eigenvalue weighted by Gasteiger charge is 2.20. The first-order chi connectivity index (χ1) is 7.56. The maximum Gasteiger partial charge on any atom is 0.242 e. The van der Waals surface area contributed by atoms with Gasteiger partial charge in [-0.2, -0.15) is 12.6 Å². The number of hydrogen-bond acceptors (Lipinski definition) is 4. The lowest BCUT2D eigenvalue weighted by atomic mass is 10.2. The summed E-state index contributed by atoms with van der Waals surface area (Å²) >= 11 is 4.08. The number of carbonyl (C=O) groups excluding carboxylic acids is 2. The molecule has 3 N–H and O–H groups in total. The van der Waals surface area contributed by atoms with Gasteiger partial charge >= 0.3 is 0 Å². The molecule has 0 rings (SSSR count). The Kier molecular flexibility index (Phi) is 8.01. The maximum absolute atomic E-state index is 11.7. The van der Waals surface area contributed by atoms with Crippen LogP contribution in [0.25, 0.3) is 0 Å². The van der Waals surface area contributed by atoms with Crippen molar-refractivity contribution in [3.8, 4) is 0 Å². The van der Waals surface area contributed by atoms with Gasteiger partial charge in [-0.3, -0.25) is 9.59 Å². The van der Waals surface area contributed by atoms with E-state index < -0.39 is 6.04 Å². The summed E-state index contributed by atoms with van der Waals surface area (Å²) < 4.78 is 0. The molecular formula is C10H21N3O2S. The molecule has 2 atom stereocenters. The normalized spacial score (nSPS) is 14.0. The molecule has 0 aliphatic carbocycles. The van der Waals surface area contributed by atoms with Gasteiger partial charge < -0.3 is 16.0 Å². The Morgan fingerprint density at radius 2 is 1.81 bits per heavy atom. The standard InChI is InChI=1S/C10H21N3O2S/c1-4-11-8(6-16)10(15)13-7(3)9(14)12-5-2/h7-8,11,16H,4-6H2,1-3H3,(H,12,14)(H,13,15)/t7-,8-/m0/s1. The van der Waals surface area contributed by atoms with Gasteiger partial charge in [0.05, 0.1) is 6.04 Å². The van der Waals surface area contributed by atoms with Crippen molar-refractivity contribution in [1.29, 1.82) is 0 Å². The minimum atomic E-state index is -0.520. The van der Waals surface area contributed by atoms with Crippen molar-refractivity contribution in [2.45, 2.75) is 32.9 Å². The first-order valence-corrected chi connectivity index (χ1v) is 6.12. The molecule has 6 heteroatoms. The number of likely N-dealkylation sites (N-methyl/N-ethyl adjacent to an activating group) is 2. The van der Waals surface area contributed by atoms with E-state index in [4.69, 9.17) is 0 Å². The highest BCUT2D eigenvalue weighted by Crippen LogP contribution is 1.91. The molecule has 0 heterocycles. The third-order valence-corrected chi connectivity index (χ3v) is 2.42. The Morgan fingerprint density at radius 1 is 1.19 bits per heavy atom. The molecule has 0 spiro atoms. The van der Waals surface area contributed by atoms with Gasteiger partial charge in [-0.1, -0.05) is 6.92 Å². The van der Waals surface area contributed by atoms with Crippen LogP contribution in [0, 0.1) is 0 Å². The fourth-order valence-corrected chi connectivity index (χ4v) is 1.49. The van der Waals surface area contributed by atoms with Crippen molar-refractivity contribution in [2.75, 3.05) is 18.8 Å². The van der Waals surface area contributed by atoms with Crippen LogP contribution in [0.2, 0.25) is 0 Å². The lowest BCUT2D eigenvalue weighted by Gasteiger charge is -2.18. The molecule has 5 nitrogen and oxygen atoms in total. The largest absolute Gasteiger partial charge is 0.355 e. The third kappa shape index (κ3) is 5.37. The van der Waals surface area contributed by atoms with Crippen LogP contribution in [0.1, 0.15) is 20.8 Å². The van der Waals surface area contributed by atoms with Crippen LogP contribution >= 0.6 is 12.6 Å². The van der Waals surface area contributed by atoms with Crippen molar-refractivity contribution in [1.82, 2.24) is 16.0 Å². The van der Waals surface area contributed by atoms with Gasteiger partial charge in [0.2, 0.25) is 11.8 Å². The molecule has 0 unspecified atom stereocenters. The lowest BCUT2D eigenvalue weighted by molar-refractivity contribution is -0.129. The predicted octanol–water partition coefficient (Wildman–Crippen LogP) is -0.465. The minimum absolute atomic E-state index is 0.176. The highest BCUT2D eigenvalue weighted by molar-refractivity contribution is 7.80. The quantitative estimate of drug-likeness (QED) is 0.460. The van der Waals surface area contributed by atoms with Crippen LogP contribution in [0.3, 0.4) is 0 Å². The average molecular weight is 247 g/mol. The van der Waals surface area contributed by atoms with Gasteiger partial charge in [-0.25, -0.2) is 0 Å². The number of carbonyl (C=O) groups is 2. The van der Waals surface area contributed by atoms with Crippen molar-refractivity contribution < 1.29 is 9.59 Å². The number of hydrogen-bond donors (Lipinski definition) is 4. The Bertz CT molecular complexity index is 236. The summed E-state index contributed by atoms with van der Waals surface area (Å²) in [4.78, 5) is 23.1. The molecule has 0 aromatic heterocycles. The average Bonchev–Trinajstić information content (AvgIpc) is 2.25. The minimum Gasteiger partial charge on any atom is -0.355 e. The summed E-state index contributed by atoms with van der Waals surface area (Å²) in [6.07, 6.45) is 0. The summed E-state index contributed by atoms with van der Waals surface area (Å²) in [7, 11) is 0. The fourth-order valence-electron chi connectivity index (χ4n) is 1.19. The van der Waals surface area contributed by atoms with E-state index in [1.807, 2.05) is 13.8 Å². The summed E-state index contributed by atoms with van der Waals surface area (Å²) in [6.45, 7) is 6.65. The number of rotatable bonds is 7. The van der Waals surface area contributed by atoms with E-state index in [1.165, 1.54) is 0 Å². The van der Waals surface area contributed by atoms with Gasteiger partial charge in [0.25, 0.3) is 0 Å². The summed E-state index contributed by atoms with van der Waals surface area (Å²) in [6, 6.07) is -0.876. The molecule has 0 aliphatic rings. The van der Waals surface area contributed by atoms with Gasteiger partial charge in [0.1, 0.15) is 6.04 Å². The van der Waals surface area contributed by atoms with Crippen LogP contribution in [0.15, 0.2) is 0 Å². The summed E-state index contributed by atoms with van der Waals surface area (Å²) in [5, 5.41) is 8.27. The molecule has 0 radical (unpaired) electrons. The van der Waals surface area contributed by atoms with Gasteiger partial charge in [-0.15, -0.1) is 0 Å². The van der Waals surface area contributed by atoms with Gasteiger partial charge in [0.15, 0.2) is 0 Å². The van der Waals surface area contributed by atoms with E-state index in [-0.39, 0.29) is 17.9 Å². The van der Waals surface area contributed by atoms with E-state index in [0.717, 1.165) is 0 Å². The van der Waals surface area contributed by atoms with Crippen molar-refractivity contribution in [2.24, 2.45) is 0 Å². The van der Waals surface area contributed by atoms with E-state index in [9.17, 15) is 9.59 Å². The second-order valence-corrected chi connectivity index (χ2v) is 3.78. The zero-order chi connectivity index (χ0) is 12.6. The Morgan fingerprint density at radius 3 is 2.25 bits per heavy atom. The van der Waals surface area contributed by atoms with Crippen molar-refractivity contribution in [3.05, 3.63) is 0 Å². The Hall–Kier alpha value is -0.750. The number of nitrogens with one attached hydrogen (secondary N) is 3. The molecule has 0 saturated heterocycles. The maximum atomic E-state index is 11.7. The Balaban J connectivity index is 4.15. The second kappa shape index (κ2) is 8.41. The molecule has 0 bridgehead atoms. The highest BCUT2D eigenvalue weighted by atomic mass is 32.1. The molecule has 0 fully saturated rings. The number of thiol groups is 1. The number of amides is 2. The van der Waals surface area contributed by atoms with E-state index in [2.05, 4.69) is 28.6 Å². The Labute approximate surface area is 102 Å². The van der Waals surface area contributed by atoms with Crippen LogP contribution in [-0.4, -0.2) is 42.7 Å². The molecular weight excluding hydrogens is 226 g/mol. The third-order valence-electron chi connectivity index (χ3n) is 2.05. The van der Waals surface area contributed by atoms with E-state index in [0.29, 0.717) is 18.8 Å². The molecule has 0 aliphatic heterocycles. The molecule has 0 saturated carbocycles. The summed E-state index contributed by atoms with van der Waals surface area (Å²) in [5.74, 6) is 0.0304. The van der Waals surface area contributed by atoms with Crippen LogP contribution in [-0.2, 0) is 9.59 Å². The van der Waals surface area contributed by atoms with E-state index >= 15 is 0 Å². The van der Waals surface area contributed by atoms with Crippen molar-refractivity contribution >= 4 is 24.4 Å². The second-order valence-electron chi connectivity index (χ2n) is 3.42. The van der Waals surface area contributed by atoms with E-state index in [1.54, 1.807) is 6.92 Å². The smallest absolute Gasteiger partial charge is 0.242 e. The van der Waals surface area contributed by atoms with Crippen LogP contribution < -0.4 is 16.0 Å². The topological polar surface area (TPSA) is 70.2 Å². The summed E-state index contributed by atoms with van der Waals surface area (Å²) in [5.41, 5.74) is 0. The first kappa shape index (κ1) is 15.2. The zero-order valence-electron chi connectivity index (χ0n) is 10.0. The molecule has 2 amide bonds. The van der Waals surface area contributed by atoms with Crippen LogP contribution in [0.5, 0.6) is 0 Å². The monoisotopic (exact) mass is 247 g/mol. The first-order valence-electron chi connectivity index (χ1n) is 5.49. The lowest BCUT2D eigenvalue weighted by Crippen LogP contribution is -2.52. The van der Waals surface area contributed by atoms with Gasteiger partial charge in [-0.05, 0) is 20.4 Å². The van der Waals surface area contributed by atoms with Crippen LogP contribution in [0.4, 0.5) is 0 Å². The molecule has 0 aromatic rings. The predicted molar refractivity (Wildman–Crippen MR) is 67.6 cm³/mol. The molecule has 94 valence electrons. The fraction of sp³-hybridized carbons (Fsp3) is 0.800. The molecule has 0 aromatic carbocycles. The zero-order valence-corrected chi connectivity index (χ0v) is 10.9.